The minimum Gasteiger partial charge on any atom is -0.497 e. The number of para-hydroxylation sites is 1. The average Bonchev–Trinajstić information content (AvgIpc) is 3.22. The van der Waals surface area contributed by atoms with Crippen LogP contribution in [0, 0.1) is 5.92 Å². The van der Waals surface area contributed by atoms with E-state index < -0.39 is 0 Å². The Labute approximate surface area is 165 Å². The summed E-state index contributed by atoms with van der Waals surface area (Å²) in [5.74, 6) is 3.51. The number of likely N-dealkylation sites (tertiary alicyclic amines) is 1. The summed E-state index contributed by atoms with van der Waals surface area (Å²) in [5.41, 5.74) is 0.896. The first-order chi connectivity index (χ1) is 13.8. The van der Waals surface area contributed by atoms with Gasteiger partial charge < -0.3 is 14.0 Å². The molecule has 6 heteroatoms. The molecule has 0 saturated carbocycles. The Hall–Kier alpha value is -2.86. The maximum atomic E-state index is 5.94. The minimum atomic E-state index is 0.516. The van der Waals surface area contributed by atoms with Crippen molar-refractivity contribution in [1.82, 2.24) is 15.0 Å². The third kappa shape index (κ3) is 4.70. The van der Waals surface area contributed by atoms with Gasteiger partial charge in [0.1, 0.15) is 11.5 Å². The Morgan fingerprint density at radius 2 is 1.89 bits per heavy atom. The molecule has 2 aromatic carbocycles. The van der Waals surface area contributed by atoms with Crippen LogP contribution in [-0.2, 0) is 6.54 Å². The maximum Gasteiger partial charge on any atom is 0.257 e. The highest BCUT2D eigenvalue weighted by Crippen LogP contribution is 2.23. The second kappa shape index (κ2) is 8.89. The van der Waals surface area contributed by atoms with E-state index in [1.165, 1.54) is 6.42 Å². The van der Waals surface area contributed by atoms with E-state index in [2.05, 4.69) is 15.0 Å². The molecule has 1 saturated heterocycles. The zero-order chi connectivity index (χ0) is 19.2. The van der Waals surface area contributed by atoms with Gasteiger partial charge in [-0.05, 0) is 55.8 Å². The summed E-state index contributed by atoms with van der Waals surface area (Å²) >= 11 is 0. The molecule has 1 unspecified atom stereocenters. The van der Waals surface area contributed by atoms with E-state index in [1.807, 2.05) is 54.6 Å². The number of ether oxygens (including phenoxy) is 2. The number of aromatic nitrogens is 2. The number of benzene rings is 2. The third-order valence-electron chi connectivity index (χ3n) is 5.00. The standard InChI is InChI=1S/C22H25N3O3/c1-26-19-11-9-18(10-12-19)22-23-21(24-28-22)15-25-13-5-6-17(14-25)16-27-20-7-3-2-4-8-20/h2-4,7-12,17H,5-6,13-16H2,1H3. The Morgan fingerprint density at radius 3 is 2.68 bits per heavy atom. The molecular formula is C22H25N3O3. The quantitative estimate of drug-likeness (QED) is 0.618. The first kappa shape index (κ1) is 18.5. The predicted molar refractivity (Wildman–Crippen MR) is 106 cm³/mol. The fourth-order valence-electron chi connectivity index (χ4n) is 3.53. The fourth-order valence-corrected chi connectivity index (χ4v) is 3.53. The summed E-state index contributed by atoms with van der Waals surface area (Å²) in [5, 5.41) is 4.16. The first-order valence-corrected chi connectivity index (χ1v) is 9.67. The Balaban J connectivity index is 1.32. The zero-order valence-corrected chi connectivity index (χ0v) is 16.1. The maximum absolute atomic E-state index is 5.94. The Kier molecular flexibility index (Phi) is 5.87. The van der Waals surface area contributed by atoms with Crippen LogP contribution in [0.3, 0.4) is 0 Å². The largest absolute Gasteiger partial charge is 0.497 e. The Bertz CT molecular complexity index is 864. The van der Waals surface area contributed by atoms with E-state index >= 15 is 0 Å². The summed E-state index contributed by atoms with van der Waals surface area (Å²) in [6.45, 7) is 3.47. The van der Waals surface area contributed by atoms with Crippen LogP contribution in [0.15, 0.2) is 59.1 Å². The molecule has 0 N–H and O–H groups in total. The summed E-state index contributed by atoms with van der Waals surface area (Å²) in [7, 11) is 1.65. The lowest BCUT2D eigenvalue weighted by Crippen LogP contribution is -2.37. The molecule has 1 atom stereocenters. The topological polar surface area (TPSA) is 60.6 Å². The summed E-state index contributed by atoms with van der Waals surface area (Å²) in [4.78, 5) is 6.94. The van der Waals surface area contributed by atoms with Gasteiger partial charge >= 0.3 is 0 Å². The number of rotatable bonds is 7. The average molecular weight is 379 g/mol. The monoisotopic (exact) mass is 379 g/mol. The molecule has 3 aromatic rings. The number of piperidine rings is 1. The lowest BCUT2D eigenvalue weighted by Gasteiger charge is -2.31. The molecule has 0 radical (unpaired) electrons. The number of nitrogens with zero attached hydrogens (tertiary/aromatic N) is 3. The van der Waals surface area contributed by atoms with Crippen molar-refractivity contribution >= 4 is 0 Å². The Morgan fingerprint density at radius 1 is 1.07 bits per heavy atom. The van der Waals surface area contributed by atoms with E-state index in [9.17, 15) is 0 Å². The van der Waals surface area contributed by atoms with Gasteiger partial charge in [-0.25, -0.2) is 0 Å². The summed E-state index contributed by atoms with van der Waals surface area (Å²) in [6.07, 6.45) is 2.35. The van der Waals surface area contributed by atoms with E-state index in [0.717, 1.165) is 49.0 Å². The highest BCUT2D eigenvalue weighted by Gasteiger charge is 2.22. The molecule has 1 aliphatic rings. The van der Waals surface area contributed by atoms with Crippen LogP contribution in [0.25, 0.3) is 11.5 Å². The van der Waals surface area contributed by atoms with Crippen LogP contribution in [0.1, 0.15) is 18.7 Å². The molecule has 0 bridgehead atoms. The van der Waals surface area contributed by atoms with Gasteiger partial charge in [-0.15, -0.1) is 0 Å². The molecule has 0 spiro atoms. The van der Waals surface area contributed by atoms with Crippen molar-refractivity contribution in [3.05, 3.63) is 60.4 Å². The van der Waals surface area contributed by atoms with Crippen molar-refractivity contribution in [3.63, 3.8) is 0 Å². The third-order valence-corrected chi connectivity index (χ3v) is 5.00. The van der Waals surface area contributed by atoms with Crippen molar-refractivity contribution < 1.29 is 14.0 Å². The summed E-state index contributed by atoms with van der Waals surface area (Å²) in [6, 6.07) is 17.6. The van der Waals surface area contributed by atoms with Crippen LogP contribution < -0.4 is 9.47 Å². The van der Waals surface area contributed by atoms with E-state index in [0.29, 0.717) is 18.4 Å². The van der Waals surface area contributed by atoms with E-state index in [1.54, 1.807) is 7.11 Å². The molecule has 0 aliphatic carbocycles. The van der Waals surface area contributed by atoms with Gasteiger partial charge in [0.25, 0.3) is 5.89 Å². The minimum absolute atomic E-state index is 0.516. The normalized spacial score (nSPS) is 17.4. The van der Waals surface area contributed by atoms with Gasteiger partial charge in [0.2, 0.25) is 0 Å². The van der Waals surface area contributed by atoms with Gasteiger partial charge in [-0.3, -0.25) is 4.90 Å². The summed E-state index contributed by atoms with van der Waals surface area (Å²) < 4.78 is 16.6. The van der Waals surface area contributed by atoms with Crippen LogP contribution >= 0.6 is 0 Å². The molecule has 0 amide bonds. The number of methoxy groups -OCH3 is 1. The number of hydrogen-bond donors (Lipinski definition) is 0. The van der Waals surface area contributed by atoms with E-state index in [4.69, 9.17) is 14.0 Å². The van der Waals surface area contributed by atoms with Crippen molar-refractivity contribution in [3.8, 4) is 23.0 Å². The molecular weight excluding hydrogens is 354 g/mol. The van der Waals surface area contributed by atoms with Crippen molar-refractivity contribution in [1.29, 1.82) is 0 Å². The van der Waals surface area contributed by atoms with Gasteiger partial charge in [-0.1, -0.05) is 23.4 Å². The van der Waals surface area contributed by atoms with Crippen LogP contribution in [0.2, 0.25) is 0 Å². The SMILES string of the molecule is COc1ccc(-c2nc(CN3CCCC(COc4ccccc4)C3)no2)cc1. The molecule has 4 rings (SSSR count). The second-order valence-electron chi connectivity index (χ2n) is 7.11. The number of hydrogen-bond acceptors (Lipinski definition) is 6. The second-order valence-corrected chi connectivity index (χ2v) is 7.11. The van der Waals surface area contributed by atoms with Crippen LogP contribution in [-0.4, -0.2) is 41.8 Å². The fraction of sp³-hybridized carbons (Fsp3) is 0.364. The highest BCUT2D eigenvalue weighted by atomic mass is 16.5. The molecule has 28 heavy (non-hydrogen) atoms. The van der Waals surface area contributed by atoms with Gasteiger partial charge in [0.15, 0.2) is 5.82 Å². The van der Waals surface area contributed by atoms with Crippen molar-refractivity contribution in [2.45, 2.75) is 19.4 Å². The first-order valence-electron chi connectivity index (χ1n) is 9.67. The molecule has 2 heterocycles. The smallest absolute Gasteiger partial charge is 0.257 e. The van der Waals surface area contributed by atoms with Crippen molar-refractivity contribution in [2.24, 2.45) is 5.92 Å². The van der Waals surface area contributed by atoms with Gasteiger partial charge in [-0.2, -0.15) is 4.98 Å². The molecule has 6 nitrogen and oxygen atoms in total. The predicted octanol–water partition coefficient (Wildman–Crippen LogP) is 4.04. The molecule has 1 aliphatic heterocycles. The lowest BCUT2D eigenvalue weighted by atomic mass is 9.99. The van der Waals surface area contributed by atoms with E-state index in [-0.39, 0.29) is 0 Å². The lowest BCUT2D eigenvalue weighted by molar-refractivity contribution is 0.122. The van der Waals surface area contributed by atoms with Crippen LogP contribution in [0.4, 0.5) is 0 Å². The van der Waals surface area contributed by atoms with Gasteiger partial charge in [0, 0.05) is 18.0 Å². The molecule has 1 aromatic heterocycles. The van der Waals surface area contributed by atoms with Crippen molar-refractivity contribution in [2.75, 3.05) is 26.8 Å². The molecule has 146 valence electrons. The van der Waals surface area contributed by atoms with Crippen LogP contribution in [0.5, 0.6) is 11.5 Å². The van der Waals surface area contributed by atoms with Gasteiger partial charge in [0.05, 0.1) is 20.3 Å². The molecule has 1 fully saturated rings. The highest BCUT2D eigenvalue weighted by molar-refractivity contribution is 5.54. The zero-order valence-electron chi connectivity index (χ0n) is 16.1.